The molecule has 10 atom stereocenters. The molecule has 0 aromatic heterocycles. The predicted molar refractivity (Wildman–Crippen MR) is 240 cm³/mol. The standard InChI is InChI=1S/C50H62N6O8/c1-48(2,3)47(63)64-27-55-41(58)20-18-38(45(55)61)56-44(60)33-13-8-14-37(42(33)46(56)62)52-30-11-6-9-28(25-30)51-29-10-7-12-31(26-29)53-43(59)36-17-16-34-32-15-19-39-50(5,24-22-40(57)54-39)35(32)21-23-49(34,36)4/h7-8,10,12-14,22,24,26,28,30,32,34-36,38-39,51-52H,6,9,11,15-21,23,25,27H2,1-5H3,(H,53,59)(H,54,57)/t28-,30-,32+,34+,35+,36-,38+,39-,49+,50-/m1/s1. The summed E-state index contributed by atoms with van der Waals surface area (Å²) >= 11 is 0. The van der Waals surface area contributed by atoms with Gasteiger partial charge in [-0.3, -0.25) is 38.5 Å². The molecule has 6 amide bonds. The Morgan fingerprint density at radius 1 is 0.844 bits per heavy atom. The van der Waals surface area contributed by atoms with E-state index in [9.17, 15) is 33.6 Å². The average Bonchev–Trinajstić information content (AvgIpc) is 3.74. The molecule has 64 heavy (non-hydrogen) atoms. The first-order valence-corrected chi connectivity index (χ1v) is 23.4. The molecule has 4 N–H and O–H groups in total. The lowest BCUT2D eigenvalue weighted by Crippen LogP contribution is -2.59. The highest BCUT2D eigenvalue weighted by atomic mass is 16.5. The van der Waals surface area contributed by atoms with Gasteiger partial charge in [0.2, 0.25) is 17.7 Å². The maximum absolute atomic E-state index is 14.1. The number of nitrogens with zero attached hydrogens (tertiary/aromatic N) is 2. The first-order valence-electron chi connectivity index (χ1n) is 23.4. The van der Waals surface area contributed by atoms with E-state index >= 15 is 0 Å². The number of rotatable bonds is 9. The highest BCUT2D eigenvalue weighted by molar-refractivity contribution is 6.25. The van der Waals surface area contributed by atoms with E-state index in [4.69, 9.17) is 4.74 Å². The van der Waals surface area contributed by atoms with Gasteiger partial charge < -0.3 is 26.0 Å². The van der Waals surface area contributed by atoms with E-state index in [0.717, 1.165) is 85.4 Å². The molecule has 3 aliphatic heterocycles. The molecule has 1 saturated heterocycles. The Balaban J connectivity index is 0.818. The van der Waals surface area contributed by atoms with Crippen LogP contribution in [-0.4, -0.2) is 82.1 Å². The van der Waals surface area contributed by atoms with E-state index in [1.165, 1.54) is 0 Å². The minimum absolute atomic E-state index is 0.0143. The predicted octanol–water partition coefficient (Wildman–Crippen LogP) is 7.03. The maximum atomic E-state index is 14.1. The van der Waals surface area contributed by atoms with Crippen LogP contribution in [-0.2, 0) is 28.7 Å². The third-order valence-electron chi connectivity index (χ3n) is 16.2. The minimum Gasteiger partial charge on any atom is -0.443 e. The SMILES string of the molecule is CC(C)(C)C(=O)OCN1C(=O)CC[C@H](N2C(=O)c3cccc(N[C@@H]4CCC[C@@H](Nc5cccc(NC(=O)[C@H]6CC[C@H]7[C@@H]8CC[C@H]9NC(=O)C=C[C@]9(C)[C@H]8CC[C@]67C)c5)C4)c3C2=O)C1=O. The molecule has 2 aromatic carbocycles. The van der Waals surface area contributed by atoms with Crippen molar-refractivity contribution in [2.75, 3.05) is 22.7 Å². The fourth-order valence-corrected chi connectivity index (χ4v) is 12.8. The van der Waals surface area contributed by atoms with Crippen LogP contribution >= 0.6 is 0 Å². The van der Waals surface area contributed by atoms with E-state index in [-0.39, 0.29) is 70.7 Å². The van der Waals surface area contributed by atoms with E-state index in [1.807, 2.05) is 24.3 Å². The summed E-state index contributed by atoms with van der Waals surface area (Å²) in [5.41, 5.74) is 1.63. The van der Waals surface area contributed by atoms with Crippen molar-refractivity contribution in [3.63, 3.8) is 0 Å². The van der Waals surface area contributed by atoms with E-state index in [0.29, 0.717) is 23.4 Å². The van der Waals surface area contributed by atoms with Crippen LogP contribution in [0.2, 0.25) is 0 Å². The molecule has 3 heterocycles. The Hall–Kier alpha value is -5.53. The van der Waals surface area contributed by atoms with Gasteiger partial charge in [0.25, 0.3) is 17.7 Å². The van der Waals surface area contributed by atoms with Crippen LogP contribution in [0.25, 0.3) is 0 Å². The molecule has 14 heteroatoms. The molecule has 4 saturated carbocycles. The van der Waals surface area contributed by atoms with Crippen molar-refractivity contribution in [3.05, 3.63) is 65.7 Å². The van der Waals surface area contributed by atoms with Crippen LogP contribution in [0.5, 0.6) is 0 Å². The summed E-state index contributed by atoms with van der Waals surface area (Å²) in [5.74, 6) is -1.48. The minimum atomic E-state index is -1.20. The summed E-state index contributed by atoms with van der Waals surface area (Å²) in [4.78, 5) is 94.7. The Morgan fingerprint density at radius 2 is 1.59 bits per heavy atom. The zero-order valence-electron chi connectivity index (χ0n) is 37.7. The zero-order chi connectivity index (χ0) is 45.3. The topological polar surface area (TPSA) is 183 Å². The van der Waals surface area contributed by atoms with Gasteiger partial charge in [0, 0.05) is 52.9 Å². The van der Waals surface area contributed by atoms with Gasteiger partial charge in [-0.05, 0) is 151 Å². The van der Waals surface area contributed by atoms with Crippen LogP contribution in [0.15, 0.2) is 54.6 Å². The molecule has 340 valence electrons. The lowest BCUT2D eigenvalue weighted by Gasteiger charge is -2.58. The number of likely N-dealkylation sites (tertiary alicyclic amines) is 1. The first kappa shape index (κ1) is 43.7. The number of benzene rings is 2. The van der Waals surface area contributed by atoms with Crippen LogP contribution in [0, 0.1) is 39.9 Å². The second kappa shape index (κ2) is 16.5. The van der Waals surface area contributed by atoms with Crippen LogP contribution in [0.3, 0.4) is 0 Å². The highest BCUT2D eigenvalue weighted by Crippen LogP contribution is 2.65. The van der Waals surface area contributed by atoms with Crippen molar-refractivity contribution in [3.8, 4) is 0 Å². The van der Waals surface area contributed by atoms with Gasteiger partial charge in [0.1, 0.15) is 6.04 Å². The van der Waals surface area contributed by atoms with E-state index in [2.05, 4.69) is 41.2 Å². The van der Waals surface area contributed by atoms with Gasteiger partial charge in [-0.25, -0.2) is 4.90 Å². The maximum Gasteiger partial charge on any atom is 0.312 e. The number of piperidine rings is 1. The molecular formula is C50H62N6O8. The quantitative estimate of drug-likeness (QED) is 0.151. The van der Waals surface area contributed by atoms with Gasteiger partial charge in [-0.15, -0.1) is 0 Å². The van der Waals surface area contributed by atoms with Crippen LogP contribution in [0.1, 0.15) is 132 Å². The molecule has 4 aliphatic carbocycles. The number of amides is 6. The molecule has 0 radical (unpaired) electrons. The van der Waals surface area contributed by atoms with Gasteiger partial charge >= 0.3 is 5.97 Å². The van der Waals surface area contributed by atoms with Crippen molar-refractivity contribution in [1.82, 2.24) is 15.1 Å². The smallest absolute Gasteiger partial charge is 0.312 e. The zero-order valence-corrected chi connectivity index (χ0v) is 37.7. The number of esters is 1. The summed E-state index contributed by atoms with van der Waals surface area (Å²) in [7, 11) is 0. The second-order valence-corrected chi connectivity index (χ2v) is 21.0. The largest absolute Gasteiger partial charge is 0.443 e. The lowest BCUT2D eigenvalue weighted by molar-refractivity contribution is -0.168. The Morgan fingerprint density at radius 3 is 2.38 bits per heavy atom. The van der Waals surface area contributed by atoms with Crippen molar-refractivity contribution >= 4 is 58.5 Å². The van der Waals surface area contributed by atoms with E-state index < -0.39 is 47.8 Å². The fourth-order valence-electron chi connectivity index (χ4n) is 12.8. The number of fused-ring (bicyclic) bond motifs is 6. The third-order valence-corrected chi connectivity index (χ3v) is 16.2. The molecule has 2 aromatic rings. The van der Waals surface area contributed by atoms with Gasteiger partial charge in [-0.2, -0.15) is 0 Å². The number of nitrogens with one attached hydrogen (secondary N) is 4. The summed E-state index contributed by atoms with van der Waals surface area (Å²) in [6.45, 7) is 9.07. The third kappa shape index (κ3) is 7.67. The number of ether oxygens (including phenoxy) is 1. The van der Waals surface area contributed by atoms with Gasteiger partial charge in [0.05, 0.1) is 16.5 Å². The summed E-state index contributed by atoms with van der Waals surface area (Å²) in [5, 5.41) is 13.8. The molecule has 5 fully saturated rings. The van der Waals surface area contributed by atoms with Gasteiger partial charge in [-0.1, -0.05) is 32.1 Å². The molecule has 0 bridgehead atoms. The summed E-state index contributed by atoms with van der Waals surface area (Å²) in [6.07, 6.45) is 13.3. The average molecular weight is 875 g/mol. The Kier molecular flexibility index (Phi) is 11.3. The molecule has 0 spiro atoms. The second-order valence-electron chi connectivity index (χ2n) is 21.0. The summed E-state index contributed by atoms with van der Waals surface area (Å²) in [6, 6.07) is 12.1. The number of anilines is 3. The fraction of sp³-hybridized carbons (Fsp3) is 0.580. The lowest BCUT2D eigenvalue weighted by atomic mass is 9.48. The van der Waals surface area contributed by atoms with Crippen molar-refractivity contribution < 1.29 is 38.3 Å². The molecule has 0 unspecified atom stereocenters. The Bertz CT molecular complexity index is 2320. The number of carbonyl (C=O) groups excluding carboxylic acids is 7. The van der Waals surface area contributed by atoms with Gasteiger partial charge in [0.15, 0.2) is 6.73 Å². The normalized spacial score (nSPS) is 33.4. The molecule has 14 nitrogen and oxygen atoms in total. The van der Waals surface area contributed by atoms with Crippen molar-refractivity contribution in [2.24, 2.45) is 39.9 Å². The molecule has 9 rings (SSSR count). The van der Waals surface area contributed by atoms with Crippen molar-refractivity contribution in [2.45, 2.75) is 136 Å². The molecular weight excluding hydrogens is 813 g/mol. The number of carbonyl (C=O) groups is 7. The van der Waals surface area contributed by atoms with Crippen LogP contribution < -0.4 is 21.3 Å². The summed E-state index contributed by atoms with van der Waals surface area (Å²) < 4.78 is 5.27. The number of imide groups is 2. The first-order chi connectivity index (χ1) is 30.5. The monoisotopic (exact) mass is 874 g/mol. The van der Waals surface area contributed by atoms with Crippen molar-refractivity contribution in [1.29, 1.82) is 0 Å². The number of hydrogen-bond donors (Lipinski definition) is 4. The highest BCUT2D eigenvalue weighted by Gasteiger charge is 2.61. The Labute approximate surface area is 375 Å². The molecule has 7 aliphatic rings. The van der Waals surface area contributed by atoms with E-state index in [1.54, 1.807) is 45.0 Å². The van der Waals surface area contributed by atoms with Crippen LogP contribution in [0.4, 0.5) is 17.1 Å². The number of hydrogen-bond acceptors (Lipinski definition) is 10.